The van der Waals surface area contributed by atoms with Crippen LogP contribution in [0.1, 0.15) is 20.9 Å². The predicted molar refractivity (Wildman–Crippen MR) is 87.9 cm³/mol. The number of hydrogen-bond acceptors (Lipinski definition) is 3. The van der Waals surface area contributed by atoms with Gasteiger partial charge in [0.1, 0.15) is 9.71 Å². The number of carbonyl (C=O) groups excluding carboxylic acids is 1. The lowest BCUT2D eigenvalue weighted by Crippen LogP contribution is -2.17. The minimum Gasteiger partial charge on any atom is -0.354 e. The maximum absolute atomic E-state index is 12.2. The molecule has 3 nitrogen and oxygen atoms in total. The Morgan fingerprint density at radius 3 is 2.57 bits per heavy atom. The Bertz CT molecular complexity index is 822. The van der Waals surface area contributed by atoms with Crippen LogP contribution in [-0.4, -0.2) is 17.9 Å². The van der Waals surface area contributed by atoms with Crippen LogP contribution >= 0.6 is 11.3 Å². The largest absolute Gasteiger partial charge is 0.354 e. The Morgan fingerprint density at radius 2 is 1.90 bits per heavy atom. The van der Waals surface area contributed by atoms with E-state index in [4.69, 9.17) is 0 Å². The van der Waals surface area contributed by atoms with Gasteiger partial charge in [-0.25, -0.2) is 4.98 Å². The van der Waals surface area contributed by atoms with Gasteiger partial charge >= 0.3 is 0 Å². The van der Waals surface area contributed by atoms with Crippen LogP contribution in [-0.2, 0) is 0 Å². The van der Waals surface area contributed by atoms with E-state index in [1.54, 1.807) is 7.05 Å². The normalized spacial score (nSPS) is 10.8. The molecule has 0 spiro atoms. The van der Waals surface area contributed by atoms with Crippen LogP contribution < -0.4 is 5.32 Å². The molecular formula is C17H16N2OS. The van der Waals surface area contributed by atoms with Crippen molar-refractivity contribution >= 4 is 27.5 Å². The first-order valence-corrected chi connectivity index (χ1v) is 7.61. The van der Waals surface area contributed by atoms with Gasteiger partial charge in [0.2, 0.25) is 0 Å². The van der Waals surface area contributed by atoms with Crippen LogP contribution in [0, 0.1) is 13.8 Å². The van der Waals surface area contributed by atoms with Gasteiger partial charge in [-0.3, -0.25) is 4.79 Å². The van der Waals surface area contributed by atoms with Gasteiger partial charge in [0.25, 0.3) is 5.91 Å². The molecule has 3 aromatic rings. The fourth-order valence-electron chi connectivity index (χ4n) is 2.60. The molecule has 0 aliphatic heterocycles. The quantitative estimate of drug-likeness (QED) is 0.778. The van der Waals surface area contributed by atoms with Crippen LogP contribution in [0.15, 0.2) is 36.4 Å². The summed E-state index contributed by atoms with van der Waals surface area (Å²) in [4.78, 5) is 18.5. The number of amides is 1. The molecule has 0 aliphatic rings. The smallest absolute Gasteiger partial charge is 0.261 e. The van der Waals surface area contributed by atoms with E-state index in [0.717, 1.165) is 37.5 Å². The summed E-state index contributed by atoms with van der Waals surface area (Å²) < 4.78 is 0. The highest BCUT2D eigenvalue weighted by Gasteiger charge is 2.21. The number of benzene rings is 1. The number of nitrogens with one attached hydrogen (secondary N) is 1. The van der Waals surface area contributed by atoms with E-state index in [9.17, 15) is 4.79 Å². The fourth-order valence-corrected chi connectivity index (χ4v) is 3.86. The summed E-state index contributed by atoms with van der Waals surface area (Å²) in [5.74, 6) is -0.0612. The number of thiophene rings is 1. The van der Waals surface area contributed by atoms with Gasteiger partial charge in [-0.05, 0) is 31.0 Å². The third-order valence-electron chi connectivity index (χ3n) is 3.48. The highest BCUT2D eigenvalue weighted by atomic mass is 32.1. The van der Waals surface area contributed by atoms with Gasteiger partial charge in [0.15, 0.2) is 0 Å². The van der Waals surface area contributed by atoms with Crippen molar-refractivity contribution in [1.29, 1.82) is 0 Å². The lowest BCUT2D eigenvalue weighted by molar-refractivity contribution is 0.0967. The standard InChI is InChI=1S/C17H16N2OS/c1-10-9-11(2)19-17-13(10)14(12-7-5-4-6-8-12)15(21-17)16(20)18-3/h4-9H,1-3H3,(H,18,20). The molecule has 0 saturated heterocycles. The molecule has 0 bridgehead atoms. The molecule has 0 radical (unpaired) electrons. The van der Waals surface area contributed by atoms with Crippen molar-refractivity contribution in [2.45, 2.75) is 13.8 Å². The van der Waals surface area contributed by atoms with Gasteiger partial charge in [0, 0.05) is 23.7 Å². The van der Waals surface area contributed by atoms with E-state index in [0.29, 0.717) is 0 Å². The summed E-state index contributed by atoms with van der Waals surface area (Å²) in [6, 6.07) is 12.1. The Morgan fingerprint density at radius 1 is 1.19 bits per heavy atom. The molecule has 2 heterocycles. The van der Waals surface area contributed by atoms with E-state index in [1.807, 2.05) is 37.3 Å². The topological polar surface area (TPSA) is 42.0 Å². The average molecular weight is 296 g/mol. The summed E-state index contributed by atoms with van der Waals surface area (Å²) in [6.45, 7) is 4.05. The molecule has 1 amide bonds. The lowest BCUT2D eigenvalue weighted by atomic mass is 10.00. The van der Waals surface area contributed by atoms with E-state index in [-0.39, 0.29) is 5.91 Å². The van der Waals surface area contributed by atoms with Gasteiger partial charge in [-0.2, -0.15) is 0 Å². The molecule has 1 aromatic carbocycles. The second kappa shape index (κ2) is 5.30. The predicted octanol–water partition coefficient (Wildman–Crippen LogP) is 3.94. The molecule has 0 unspecified atom stereocenters. The van der Waals surface area contributed by atoms with E-state index >= 15 is 0 Å². The van der Waals surface area contributed by atoms with Gasteiger partial charge in [0.05, 0.1) is 0 Å². The first-order chi connectivity index (χ1) is 10.1. The first-order valence-electron chi connectivity index (χ1n) is 6.80. The molecule has 106 valence electrons. The third kappa shape index (κ3) is 2.32. The molecule has 3 rings (SSSR count). The molecule has 2 aromatic heterocycles. The third-order valence-corrected chi connectivity index (χ3v) is 4.57. The Kier molecular flexibility index (Phi) is 3.47. The Hall–Kier alpha value is -2.20. The van der Waals surface area contributed by atoms with E-state index in [1.165, 1.54) is 11.3 Å². The maximum atomic E-state index is 12.2. The van der Waals surface area contributed by atoms with Gasteiger partial charge in [-0.1, -0.05) is 30.3 Å². The molecular weight excluding hydrogens is 280 g/mol. The van der Waals surface area contributed by atoms with Crippen molar-refractivity contribution in [1.82, 2.24) is 10.3 Å². The number of aromatic nitrogens is 1. The number of hydrogen-bond donors (Lipinski definition) is 1. The van der Waals surface area contributed by atoms with Crippen molar-refractivity contribution in [3.63, 3.8) is 0 Å². The number of nitrogens with zero attached hydrogens (tertiary/aromatic N) is 1. The maximum Gasteiger partial charge on any atom is 0.261 e. The van der Waals surface area contributed by atoms with Crippen molar-refractivity contribution in [3.05, 3.63) is 52.5 Å². The summed E-state index contributed by atoms with van der Waals surface area (Å²) in [7, 11) is 1.66. The van der Waals surface area contributed by atoms with Crippen molar-refractivity contribution in [2.75, 3.05) is 7.05 Å². The fraction of sp³-hybridized carbons (Fsp3) is 0.176. The zero-order chi connectivity index (χ0) is 15.0. The van der Waals surface area contributed by atoms with Crippen LogP contribution in [0.3, 0.4) is 0 Å². The summed E-state index contributed by atoms with van der Waals surface area (Å²) >= 11 is 1.46. The van der Waals surface area contributed by atoms with Crippen LogP contribution in [0.2, 0.25) is 0 Å². The van der Waals surface area contributed by atoms with Gasteiger partial charge in [-0.15, -0.1) is 11.3 Å². The summed E-state index contributed by atoms with van der Waals surface area (Å²) in [6.07, 6.45) is 0. The highest BCUT2D eigenvalue weighted by molar-refractivity contribution is 7.21. The van der Waals surface area contributed by atoms with Crippen LogP contribution in [0.4, 0.5) is 0 Å². The van der Waals surface area contributed by atoms with E-state index < -0.39 is 0 Å². The number of aryl methyl sites for hydroxylation is 2. The molecule has 0 aliphatic carbocycles. The average Bonchev–Trinajstić information content (AvgIpc) is 2.86. The highest BCUT2D eigenvalue weighted by Crippen LogP contribution is 2.39. The molecule has 21 heavy (non-hydrogen) atoms. The zero-order valence-electron chi connectivity index (χ0n) is 12.2. The summed E-state index contributed by atoms with van der Waals surface area (Å²) in [5.41, 5.74) is 4.17. The van der Waals surface area contributed by atoms with Crippen molar-refractivity contribution in [3.8, 4) is 11.1 Å². The monoisotopic (exact) mass is 296 g/mol. The van der Waals surface area contributed by atoms with Crippen LogP contribution in [0.5, 0.6) is 0 Å². The number of carbonyl (C=O) groups is 1. The minimum absolute atomic E-state index is 0.0612. The number of rotatable bonds is 2. The van der Waals surface area contributed by atoms with Crippen molar-refractivity contribution in [2.24, 2.45) is 0 Å². The number of fused-ring (bicyclic) bond motifs is 1. The Labute approximate surface area is 127 Å². The molecule has 4 heteroatoms. The van der Waals surface area contributed by atoms with E-state index in [2.05, 4.69) is 23.3 Å². The molecule has 1 N–H and O–H groups in total. The summed E-state index contributed by atoms with van der Waals surface area (Å²) in [5, 5.41) is 3.81. The second-order valence-corrected chi connectivity index (χ2v) is 6.01. The molecule has 0 saturated carbocycles. The first kappa shape index (κ1) is 13.8. The van der Waals surface area contributed by atoms with Crippen molar-refractivity contribution < 1.29 is 4.79 Å². The second-order valence-electron chi connectivity index (χ2n) is 5.01. The molecule has 0 atom stereocenters. The van der Waals surface area contributed by atoms with Crippen LogP contribution in [0.25, 0.3) is 21.3 Å². The zero-order valence-corrected chi connectivity index (χ0v) is 13.0. The van der Waals surface area contributed by atoms with Gasteiger partial charge < -0.3 is 5.32 Å². The SMILES string of the molecule is CNC(=O)c1sc2nc(C)cc(C)c2c1-c1ccccc1. The Balaban J connectivity index is 2.41. The lowest BCUT2D eigenvalue weighted by Gasteiger charge is -2.06. The molecule has 0 fully saturated rings. The number of pyridine rings is 1. The minimum atomic E-state index is -0.0612.